The predicted octanol–water partition coefficient (Wildman–Crippen LogP) is 2.12. The molecule has 0 aromatic heterocycles. The number of rotatable bonds is 5. The summed E-state index contributed by atoms with van der Waals surface area (Å²) in [4.78, 5) is 34.4. The lowest BCUT2D eigenvalue weighted by Gasteiger charge is -2.09. The lowest BCUT2D eigenvalue weighted by molar-refractivity contribution is -0.123. The first-order valence-electron chi connectivity index (χ1n) is 6.50. The van der Waals surface area contributed by atoms with Crippen LogP contribution in [-0.4, -0.2) is 31.1 Å². The van der Waals surface area contributed by atoms with Crippen LogP contribution in [0.1, 0.15) is 24.2 Å². The van der Waals surface area contributed by atoms with Crippen molar-refractivity contribution >= 4 is 29.5 Å². The summed E-state index contributed by atoms with van der Waals surface area (Å²) in [6.45, 7) is 3.45. The molecule has 8 heteroatoms. The zero-order valence-corrected chi connectivity index (χ0v) is 12.9. The zero-order chi connectivity index (χ0) is 16.7. The molecular formula is C14H16ClFN2O4. The first-order valence-corrected chi connectivity index (χ1v) is 6.88. The third kappa shape index (κ3) is 5.69. The molecule has 0 aliphatic heterocycles. The largest absolute Gasteiger partial charge is 0.452 e. The van der Waals surface area contributed by atoms with Crippen LogP contribution in [0.4, 0.5) is 9.18 Å². The topological polar surface area (TPSA) is 84.5 Å². The molecule has 6 nitrogen and oxygen atoms in total. The maximum atomic E-state index is 13.5. The first kappa shape index (κ1) is 17.9. The van der Waals surface area contributed by atoms with Gasteiger partial charge in [-0.15, -0.1) is 0 Å². The fraction of sp³-hybridized carbons (Fsp3) is 0.357. The van der Waals surface area contributed by atoms with E-state index in [1.807, 2.05) is 19.2 Å². The van der Waals surface area contributed by atoms with Gasteiger partial charge in [-0.05, 0) is 18.1 Å². The summed E-state index contributed by atoms with van der Waals surface area (Å²) >= 11 is 5.69. The highest BCUT2D eigenvalue weighted by Gasteiger charge is 2.18. The van der Waals surface area contributed by atoms with Gasteiger partial charge in [0.1, 0.15) is 11.4 Å². The van der Waals surface area contributed by atoms with Crippen molar-refractivity contribution < 1.29 is 23.5 Å². The van der Waals surface area contributed by atoms with Crippen LogP contribution < -0.4 is 10.6 Å². The van der Waals surface area contributed by atoms with Gasteiger partial charge in [0, 0.05) is 6.54 Å². The molecule has 22 heavy (non-hydrogen) atoms. The van der Waals surface area contributed by atoms with Gasteiger partial charge in [0.25, 0.3) is 5.91 Å². The van der Waals surface area contributed by atoms with E-state index in [0.717, 1.165) is 6.07 Å². The molecular weight excluding hydrogens is 315 g/mol. The van der Waals surface area contributed by atoms with Crippen molar-refractivity contribution in [2.75, 3.05) is 13.2 Å². The molecule has 0 heterocycles. The number of nitrogens with one attached hydrogen (secondary N) is 2. The molecule has 0 spiro atoms. The normalized spacial score (nSPS) is 10.2. The lowest BCUT2D eigenvalue weighted by atomic mass is 10.2. The van der Waals surface area contributed by atoms with E-state index in [4.69, 9.17) is 11.6 Å². The van der Waals surface area contributed by atoms with E-state index in [1.165, 1.54) is 12.1 Å². The van der Waals surface area contributed by atoms with Crippen LogP contribution in [0.5, 0.6) is 0 Å². The molecule has 0 saturated carbocycles. The molecule has 0 fully saturated rings. The van der Waals surface area contributed by atoms with E-state index in [1.54, 1.807) is 0 Å². The average molecular weight is 331 g/mol. The Morgan fingerprint density at radius 3 is 2.59 bits per heavy atom. The molecule has 0 aliphatic rings. The summed E-state index contributed by atoms with van der Waals surface area (Å²) in [6.07, 6.45) is 0. The molecule has 0 radical (unpaired) electrons. The fourth-order valence-corrected chi connectivity index (χ4v) is 1.64. The molecule has 0 saturated heterocycles. The number of esters is 1. The molecule has 120 valence electrons. The Balaban J connectivity index is 2.47. The second-order valence-electron chi connectivity index (χ2n) is 4.82. The SMILES string of the molecule is CC(C)CNC(=O)NC(=O)COC(=O)c1c(F)cccc1Cl. The molecule has 3 amide bonds. The van der Waals surface area contributed by atoms with Crippen molar-refractivity contribution in [2.45, 2.75) is 13.8 Å². The maximum absolute atomic E-state index is 13.5. The van der Waals surface area contributed by atoms with Gasteiger partial charge in [-0.3, -0.25) is 10.1 Å². The van der Waals surface area contributed by atoms with Crippen LogP contribution in [0, 0.1) is 11.7 Å². The number of carbonyl (C=O) groups excluding carboxylic acids is 3. The van der Waals surface area contributed by atoms with Crippen molar-refractivity contribution in [3.63, 3.8) is 0 Å². The Labute approximate surface area is 132 Å². The lowest BCUT2D eigenvalue weighted by Crippen LogP contribution is -2.42. The average Bonchev–Trinajstić information content (AvgIpc) is 2.42. The minimum Gasteiger partial charge on any atom is -0.452 e. The summed E-state index contributed by atoms with van der Waals surface area (Å²) in [5, 5.41) is 4.31. The zero-order valence-electron chi connectivity index (χ0n) is 12.1. The van der Waals surface area contributed by atoms with Gasteiger partial charge in [0.05, 0.1) is 5.02 Å². The molecule has 1 aromatic rings. The van der Waals surface area contributed by atoms with Crippen LogP contribution in [0.25, 0.3) is 0 Å². The second-order valence-corrected chi connectivity index (χ2v) is 5.23. The molecule has 2 N–H and O–H groups in total. The van der Waals surface area contributed by atoms with E-state index >= 15 is 0 Å². The quantitative estimate of drug-likeness (QED) is 0.810. The Bertz CT molecular complexity index is 558. The smallest absolute Gasteiger partial charge is 0.343 e. The van der Waals surface area contributed by atoms with Crippen LogP contribution >= 0.6 is 11.6 Å². The third-order valence-corrected chi connectivity index (χ3v) is 2.74. The number of benzene rings is 1. The van der Waals surface area contributed by atoms with Crippen LogP contribution in [0.3, 0.4) is 0 Å². The number of halogens is 2. The van der Waals surface area contributed by atoms with Crippen molar-refractivity contribution in [3.05, 3.63) is 34.6 Å². The van der Waals surface area contributed by atoms with Gasteiger partial charge in [-0.1, -0.05) is 31.5 Å². The number of hydrogen-bond acceptors (Lipinski definition) is 4. The van der Waals surface area contributed by atoms with Crippen LogP contribution in [0.15, 0.2) is 18.2 Å². The van der Waals surface area contributed by atoms with Gasteiger partial charge >= 0.3 is 12.0 Å². The Kier molecular flexibility index (Phi) is 6.78. The molecule has 1 rings (SSSR count). The first-order chi connectivity index (χ1) is 10.3. The summed E-state index contributed by atoms with van der Waals surface area (Å²) in [5.74, 6) is -2.54. The summed E-state index contributed by atoms with van der Waals surface area (Å²) in [5.41, 5.74) is -0.457. The number of urea groups is 1. The maximum Gasteiger partial charge on any atom is 0.343 e. The predicted molar refractivity (Wildman–Crippen MR) is 78.1 cm³/mol. The number of imide groups is 1. The number of amides is 3. The highest BCUT2D eigenvalue weighted by Crippen LogP contribution is 2.19. The highest BCUT2D eigenvalue weighted by atomic mass is 35.5. The summed E-state index contributed by atoms with van der Waals surface area (Å²) in [7, 11) is 0. The number of ether oxygens (including phenoxy) is 1. The summed E-state index contributed by atoms with van der Waals surface area (Å²) in [6, 6.07) is 3.00. The molecule has 1 aromatic carbocycles. The van der Waals surface area contributed by atoms with Crippen molar-refractivity contribution in [2.24, 2.45) is 5.92 Å². The van der Waals surface area contributed by atoms with Gasteiger partial charge in [0.15, 0.2) is 6.61 Å². The van der Waals surface area contributed by atoms with E-state index in [9.17, 15) is 18.8 Å². The Morgan fingerprint density at radius 2 is 2.00 bits per heavy atom. The molecule has 0 aliphatic carbocycles. The summed E-state index contributed by atoms with van der Waals surface area (Å²) < 4.78 is 18.1. The highest BCUT2D eigenvalue weighted by molar-refractivity contribution is 6.33. The van der Waals surface area contributed by atoms with Crippen molar-refractivity contribution in [3.8, 4) is 0 Å². The second kappa shape index (κ2) is 8.33. The van der Waals surface area contributed by atoms with Gasteiger partial charge in [-0.25, -0.2) is 14.0 Å². The van der Waals surface area contributed by atoms with Crippen LogP contribution in [0.2, 0.25) is 5.02 Å². The van der Waals surface area contributed by atoms with Gasteiger partial charge in [-0.2, -0.15) is 0 Å². The monoisotopic (exact) mass is 330 g/mol. The number of carbonyl (C=O) groups is 3. The van der Waals surface area contributed by atoms with E-state index < -0.39 is 35.9 Å². The number of hydrogen-bond donors (Lipinski definition) is 2. The fourth-order valence-electron chi connectivity index (χ4n) is 1.40. The minimum atomic E-state index is -1.08. The van der Waals surface area contributed by atoms with E-state index in [0.29, 0.717) is 6.54 Å². The van der Waals surface area contributed by atoms with Crippen LogP contribution in [-0.2, 0) is 9.53 Å². The van der Waals surface area contributed by atoms with Crippen molar-refractivity contribution in [1.29, 1.82) is 0 Å². The van der Waals surface area contributed by atoms with E-state index in [-0.39, 0.29) is 10.9 Å². The molecule has 0 bridgehead atoms. The minimum absolute atomic E-state index is 0.125. The standard InChI is InChI=1S/C14H16ClFN2O4/c1-8(2)6-17-14(21)18-11(19)7-22-13(20)12-9(15)4-3-5-10(12)16/h3-5,8H,6-7H2,1-2H3,(H2,17,18,19,21). The van der Waals surface area contributed by atoms with Gasteiger partial charge < -0.3 is 10.1 Å². The van der Waals surface area contributed by atoms with Gasteiger partial charge in [0.2, 0.25) is 0 Å². The van der Waals surface area contributed by atoms with Crippen molar-refractivity contribution in [1.82, 2.24) is 10.6 Å². The Morgan fingerprint density at radius 1 is 1.32 bits per heavy atom. The molecule has 0 unspecified atom stereocenters. The third-order valence-electron chi connectivity index (χ3n) is 2.43. The van der Waals surface area contributed by atoms with E-state index in [2.05, 4.69) is 10.1 Å². The molecule has 0 atom stereocenters. The Hall–Kier alpha value is -2.15.